The molecule has 0 radical (unpaired) electrons. The molecular formula is C13H16N2OS. The lowest BCUT2D eigenvalue weighted by molar-refractivity contribution is 0.0990. The molecule has 17 heavy (non-hydrogen) atoms. The van der Waals surface area contributed by atoms with E-state index in [1.807, 2.05) is 30.8 Å². The first-order valence-corrected chi connectivity index (χ1v) is 6.64. The fraction of sp³-hybridized carbons (Fsp3) is 0.385. The number of aromatic nitrogens is 2. The number of carbonyl (C=O) groups excluding carboxylic acids is 1. The number of aryl methyl sites for hydroxylation is 3. The fourth-order valence-corrected chi connectivity index (χ4v) is 2.67. The van der Waals surface area contributed by atoms with Crippen molar-refractivity contribution in [1.82, 2.24) is 9.78 Å². The molecule has 2 aromatic heterocycles. The maximum absolute atomic E-state index is 12.1. The van der Waals surface area contributed by atoms with Crippen molar-refractivity contribution in [3.63, 3.8) is 0 Å². The number of thiophene rings is 1. The molecule has 2 rings (SSSR count). The third-order valence-corrected chi connectivity index (χ3v) is 3.75. The molecule has 0 unspecified atom stereocenters. The van der Waals surface area contributed by atoms with Gasteiger partial charge in [0.25, 0.3) is 0 Å². The van der Waals surface area contributed by atoms with Gasteiger partial charge < -0.3 is 0 Å². The summed E-state index contributed by atoms with van der Waals surface area (Å²) in [7, 11) is 1.89. The second-order valence-electron chi connectivity index (χ2n) is 4.17. The van der Waals surface area contributed by atoms with E-state index in [1.165, 1.54) is 0 Å². The summed E-state index contributed by atoms with van der Waals surface area (Å²) in [4.78, 5) is 12.1. The number of ketones is 1. The molecule has 0 aliphatic rings. The highest BCUT2D eigenvalue weighted by molar-refractivity contribution is 7.08. The van der Waals surface area contributed by atoms with Crippen LogP contribution in [0.3, 0.4) is 0 Å². The van der Waals surface area contributed by atoms with Gasteiger partial charge in [-0.3, -0.25) is 9.48 Å². The van der Waals surface area contributed by atoms with Crippen LogP contribution in [0.25, 0.3) is 0 Å². The molecule has 0 N–H and O–H groups in total. The van der Waals surface area contributed by atoms with Gasteiger partial charge in [0, 0.05) is 23.7 Å². The smallest absolute Gasteiger partial charge is 0.169 e. The SMILES string of the molecule is CCc1cc(CC(=O)c2cscc2C)n(C)n1. The summed E-state index contributed by atoms with van der Waals surface area (Å²) < 4.78 is 1.80. The first kappa shape index (κ1) is 12.0. The second-order valence-corrected chi connectivity index (χ2v) is 4.92. The number of Topliss-reactive ketones (excluding diaryl/α,β-unsaturated/α-hetero) is 1. The van der Waals surface area contributed by atoms with Crippen LogP contribution in [-0.4, -0.2) is 15.6 Å². The molecule has 0 saturated carbocycles. The Bertz CT molecular complexity index is 539. The summed E-state index contributed by atoms with van der Waals surface area (Å²) in [6.45, 7) is 4.04. The Hall–Kier alpha value is -1.42. The number of hydrogen-bond donors (Lipinski definition) is 0. The minimum absolute atomic E-state index is 0.175. The summed E-state index contributed by atoms with van der Waals surface area (Å²) in [6, 6.07) is 2.01. The maximum atomic E-state index is 12.1. The van der Waals surface area contributed by atoms with Crippen LogP contribution < -0.4 is 0 Å². The Labute approximate surface area is 105 Å². The van der Waals surface area contributed by atoms with E-state index in [-0.39, 0.29) is 5.78 Å². The first-order valence-electron chi connectivity index (χ1n) is 5.69. The predicted octanol–water partition coefficient (Wildman–Crippen LogP) is 2.78. The minimum Gasteiger partial charge on any atom is -0.294 e. The lowest BCUT2D eigenvalue weighted by Gasteiger charge is -2.01. The standard InChI is InChI=1S/C13H16N2OS/c1-4-10-5-11(15(3)14-10)6-13(16)12-8-17-7-9(12)2/h5,7-8H,4,6H2,1-3H3. The van der Waals surface area contributed by atoms with E-state index < -0.39 is 0 Å². The molecule has 0 saturated heterocycles. The zero-order chi connectivity index (χ0) is 12.4. The van der Waals surface area contributed by atoms with Crippen LogP contribution in [0.4, 0.5) is 0 Å². The molecule has 2 aromatic rings. The molecule has 0 amide bonds. The number of carbonyl (C=O) groups is 1. The van der Waals surface area contributed by atoms with E-state index in [4.69, 9.17) is 0 Å². The molecule has 2 heterocycles. The average Bonchev–Trinajstić information content (AvgIpc) is 2.86. The van der Waals surface area contributed by atoms with Gasteiger partial charge in [0.2, 0.25) is 0 Å². The van der Waals surface area contributed by atoms with Crippen molar-refractivity contribution in [3.8, 4) is 0 Å². The van der Waals surface area contributed by atoms with Gasteiger partial charge in [-0.05, 0) is 30.4 Å². The third kappa shape index (κ3) is 2.47. The predicted molar refractivity (Wildman–Crippen MR) is 69.7 cm³/mol. The van der Waals surface area contributed by atoms with Crippen LogP contribution in [0.5, 0.6) is 0 Å². The van der Waals surface area contributed by atoms with Crippen LogP contribution in [-0.2, 0) is 19.9 Å². The molecule has 3 nitrogen and oxygen atoms in total. The lowest BCUT2D eigenvalue weighted by Crippen LogP contribution is -2.08. The largest absolute Gasteiger partial charge is 0.294 e. The Balaban J connectivity index is 2.18. The van der Waals surface area contributed by atoms with E-state index in [2.05, 4.69) is 12.0 Å². The van der Waals surface area contributed by atoms with Gasteiger partial charge in [-0.1, -0.05) is 6.92 Å². The van der Waals surface area contributed by atoms with E-state index in [1.54, 1.807) is 16.0 Å². The monoisotopic (exact) mass is 248 g/mol. The molecule has 0 aromatic carbocycles. The highest BCUT2D eigenvalue weighted by Crippen LogP contribution is 2.16. The fourth-order valence-electron chi connectivity index (χ4n) is 1.82. The molecule has 0 aliphatic carbocycles. The molecule has 0 fully saturated rings. The highest BCUT2D eigenvalue weighted by atomic mass is 32.1. The van der Waals surface area contributed by atoms with Gasteiger partial charge >= 0.3 is 0 Å². The van der Waals surface area contributed by atoms with Gasteiger partial charge in [0.15, 0.2) is 5.78 Å². The third-order valence-electron chi connectivity index (χ3n) is 2.89. The summed E-state index contributed by atoms with van der Waals surface area (Å²) in [5.74, 6) is 0.175. The minimum atomic E-state index is 0.175. The summed E-state index contributed by atoms with van der Waals surface area (Å²) in [5, 5.41) is 8.29. The molecule has 0 spiro atoms. The van der Waals surface area contributed by atoms with Gasteiger partial charge in [0.05, 0.1) is 12.1 Å². The zero-order valence-corrected chi connectivity index (χ0v) is 11.2. The van der Waals surface area contributed by atoms with E-state index in [0.717, 1.165) is 28.9 Å². The van der Waals surface area contributed by atoms with Gasteiger partial charge in [-0.2, -0.15) is 16.4 Å². The van der Waals surface area contributed by atoms with Crippen molar-refractivity contribution in [1.29, 1.82) is 0 Å². The second kappa shape index (κ2) is 4.84. The molecule has 90 valence electrons. The Morgan fingerprint density at radius 1 is 1.47 bits per heavy atom. The van der Waals surface area contributed by atoms with Crippen molar-refractivity contribution in [2.45, 2.75) is 26.7 Å². The number of nitrogens with zero attached hydrogens (tertiary/aromatic N) is 2. The summed E-state index contributed by atoms with van der Waals surface area (Å²) in [5.41, 5.74) is 3.93. The summed E-state index contributed by atoms with van der Waals surface area (Å²) >= 11 is 1.58. The van der Waals surface area contributed by atoms with E-state index in [0.29, 0.717) is 6.42 Å². The molecule has 0 aliphatic heterocycles. The van der Waals surface area contributed by atoms with Crippen molar-refractivity contribution >= 4 is 17.1 Å². The van der Waals surface area contributed by atoms with Crippen molar-refractivity contribution in [2.24, 2.45) is 7.05 Å². The normalized spacial score (nSPS) is 10.8. The van der Waals surface area contributed by atoms with E-state index in [9.17, 15) is 4.79 Å². The number of hydrogen-bond acceptors (Lipinski definition) is 3. The van der Waals surface area contributed by atoms with Crippen LogP contribution >= 0.6 is 11.3 Å². The lowest BCUT2D eigenvalue weighted by atomic mass is 10.1. The Morgan fingerprint density at radius 2 is 2.24 bits per heavy atom. The Kier molecular flexibility index (Phi) is 3.43. The average molecular weight is 248 g/mol. The van der Waals surface area contributed by atoms with Gasteiger partial charge in [-0.15, -0.1) is 0 Å². The highest BCUT2D eigenvalue weighted by Gasteiger charge is 2.13. The molecule has 4 heteroatoms. The molecule has 0 bridgehead atoms. The molecular weight excluding hydrogens is 232 g/mol. The zero-order valence-electron chi connectivity index (χ0n) is 10.4. The number of rotatable bonds is 4. The van der Waals surface area contributed by atoms with Crippen molar-refractivity contribution in [3.05, 3.63) is 39.3 Å². The van der Waals surface area contributed by atoms with Crippen molar-refractivity contribution in [2.75, 3.05) is 0 Å². The molecule has 0 atom stereocenters. The van der Waals surface area contributed by atoms with Gasteiger partial charge in [-0.25, -0.2) is 0 Å². The van der Waals surface area contributed by atoms with Crippen LogP contribution in [0.1, 0.15) is 34.2 Å². The maximum Gasteiger partial charge on any atom is 0.169 e. The topological polar surface area (TPSA) is 34.9 Å². The van der Waals surface area contributed by atoms with Crippen LogP contribution in [0.15, 0.2) is 16.8 Å². The Morgan fingerprint density at radius 3 is 2.76 bits per heavy atom. The first-order chi connectivity index (χ1) is 8.11. The van der Waals surface area contributed by atoms with E-state index >= 15 is 0 Å². The van der Waals surface area contributed by atoms with Gasteiger partial charge in [0.1, 0.15) is 0 Å². The van der Waals surface area contributed by atoms with Crippen molar-refractivity contribution < 1.29 is 4.79 Å². The quantitative estimate of drug-likeness (QED) is 0.780. The van der Waals surface area contributed by atoms with Crippen LogP contribution in [0.2, 0.25) is 0 Å². The van der Waals surface area contributed by atoms with Crippen LogP contribution in [0, 0.1) is 6.92 Å². The summed E-state index contributed by atoms with van der Waals surface area (Å²) in [6.07, 6.45) is 1.33.